The monoisotopic (exact) mass is 341 g/mol. The van der Waals surface area contributed by atoms with Crippen molar-refractivity contribution in [2.45, 2.75) is 19.4 Å². The predicted octanol–water partition coefficient (Wildman–Crippen LogP) is 2.31. The number of hydrogen-bond acceptors (Lipinski definition) is 4. The molecule has 2 N–H and O–H groups in total. The minimum Gasteiger partial charge on any atom is -0.479 e. The molecule has 2 aromatic rings. The van der Waals surface area contributed by atoms with Crippen molar-refractivity contribution >= 4 is 33.5 Å². The van der Waals surface area contributed by atoms with E-state index in [2.05, 4.69) is 26.3 Å². The van der Waals surface area contributed by atoms with Crippen molar-refractivity contribution in [3.63, 3.8) is 0 Å². The molecule has 2 rings (SSSR count). The lowest BCUT2D eigenvalue weighted by atomic mass is 10.1. The fraction of sp³-hybridized carbons (Fsp3) is 0.250. The third kappa shape index (κ3) is 2.60. The number of carboxylic acid groups (broad SMARTS) is 1. The molecule has 0 aliphatic carbocycles. The molecule has 0 saturated carbocycles. The number of anilines is 1. The predicted molar refractivity (Wildman–Crippen MR) is 73.5 cm³/mol. The number of carbonyl (C=O) groups excluding carboxylic acids is 1. The maximum Gasteiger partial charge on any atom is 0.331 e. The van der Waals surface area contributed by atoms with Gasteiger partial charge in [-0.15, -0.1) is 0 Å². The lowest BCUT2D eigenvalue weighted by Gasteiger charge is -2.19. The molecule has 0 saturated heterocycles. The first-order valence-electron chi connectivity index (χ1n) is 5.65. The zero-order chi connectivity index (χ0) is 14.9. The number of amides is 1. The smallest absolute Gasteiger partial charge is 0.331 e. The van der Waals surface area contributed by atoms with Gasteiger partial charge in [0, 0.05) is 6.20 Å². The lowest BCUT2D eigenvalue weighted by molar-refractivity contribution is -0.146. The fourth-order valence-electron chi connectivity index (χ4n) is 1.43. The Hall–Kier alpha value is -2.09. The van der Waals surface area contributed by atoms with Crippen molar-refractivity contribution in [3.8, 4) is 0 Å². The second kappa shape index (κ2) is 5.12. The molecular formula is C12H12BrN3O4. The van der Waals surface area contributed by atoms with E-state index in [-0.39, 0.29) is 5.76 Å². The van der Waals surface area contributed by atoms with Crippen LogP contribution in [0.4, 0.5) is 5.69 Å². The summed E-state index contributed by atoms with van der Waals surface area (Å²) in [7, 11) is 0. The zero-order valence-corrected chi connectivity index (χ0v) is 12.3. The van der Waals surface area contributed by atoms with Crippen LogP contribution >= 0.6 is 15.9 Å². The Morgan fingerprint density at radius 3 is 2.75 bits per heavy atom. The summed E-state index contributed by atoms with van der Waals surface area (Å²) in [5.74, 6) is -1.34. The van der Waals surface area contributed by atoms with E-state index in [1.165, 1.54) is 37.2 Å². The summed E-state index contributed by atoms with van der Waals surface area (Å²) in [5, 5.41) is 15.6. The maximum absolute atomic E-state index is 11.9. The Balaban J connectivity index is 2.17. The first-order valence-corrected chi connectivity index (χ1v) is 6.44. The second-order valence-electron chi connectivity index (χ2n) is 4.59. The number of aliphatic carboxylic acids is 1. The van der Waals surface area contributed by atoms with E-state index < -0.39 is 17.4 Å². The van der Waals surface area contributed by atoms with Crippen molar-refractivity contribution in [1.82, 2.24) is 9.78 Å². The van der Waals surface area contributed by atoms with Gasteiger partial charge in [-0.25, -0.2) is 4.79 Å². The van der Waals surface area contributed by atoms with Crippen LogP contribution in [0.3, 0.4) is 0 Å². The molecule has 0 spiro atoms. The molecule has 0 unspecified atom stereocenters. The molecule has 7 nitrogen and oxygen atoms in total. The van der Waals surface area contributed by atoms with Crippen LogP contribution in [0.5, 0.6) is 0 Å². The summed E-state index contributed by atoms with van der Waals surface area (Å²) >= 11 is 3.18. The second-order valence-corrected chi connectivity index (χ2v) is 5.44. The van der Waals surface area contributed by atoms with Crippen LogP contribution in [0.25, 0.3) is 0 Å². The number of rotatable bonds is 4. The molecule has 20 heavy (non-hydrogen) atoms. The molecule has 0 bridgehead atoms. The molecule has 2 aromatic heterocycles. The van der Waals surface area contributed by atoms with Crippen LogP contribution in [0.15, 0.2) is 33.6 Å². The largest absolute Gasteiger partial charge is 0.479 e. The van der Waals surface area contributed by atoms with Crippen molar-refractivity contribution in [2.75, 3.05) is 5.32 Å². The van der Waals surface area contributed by atoms with E-state index in [0.29, 0.717) is 10.2 Å². The number of halogens is 1. The summed E-state index contributed by atoms with van der Waals surface area (Å²) in [6.45, 7) is 3.02. The van der Waals surface area contributed by atoms with Gasteiger partial charge in [0.2, 0.25) is 5.76 Å². The van der Waals surface area contributed by atoms with Crippen LogP contribution < -0.4 is 5.32 Å². The number of furan rings is 1. The molecular weight excluding hydrogens is 330 g/mol. The van der Waals surface area contributed by atoms with Crippen molar-refractivity contribution < 1.29 is 19.1 Å². The van der Waals surface area contributed by atoms with E-state index in [1.54, 1.807) is 6.07 Å². The lowest BCUT2D eigenvalue weighted by Crippen LogP contribution is -2.35. The van der Waals surface area contributed by atoms with Crippen molar-refractivity contribution in [1.29, 1.82) is 0 Å². The van der Waals surface area contributed by atoms with Crippen LogP contribution in [0.1, 0.15) is 24.4 Å². The molecule has 0 radical (unpaired) electrons. The molecule has 0 aliphatic rings. The molecule has 2 heterocycles. The number of carbonyl (C=O) groups is 2. The Morgan fingerprint density at radius 2 is 2.20 bits per heavy atom. The first kappa shape index (κ1) is 14.3. The molecule has 106 valence electrons. The first-order chi connectivity index (χ1) is 9.32. The molecule has 0 aromatic carbocycles. The summed E-state index contributed by atoms with van der Waals surface area (Å²) in [6.07, 6.45) is 4.21. The standard InChI is InChI=1S/C12H12BrN3O4/c1-12(2,11(18)19)16-6-7(5-14-16)15-10(17)9-8(13)3-4-20-9/h3-6H,1-2H3,(H,15,17)(H,18,19). The van der Waals surface area contributed by atoms with E-state index >= 15 is 0 Å². The van der Waals surface area contributed by atoms with E-state index in [9.17, 15) is 9.59 Å². The highest BCUT2D eigenvalue weighted by Gasteiger charge is 2.30. The molecule has 1 amide bonds. The highest BCUT2D eigenvalue weighted by Crippen LogP contribution is 2.21. The summed E-state index contributed by atoms with van der Waals surface area (Å²) in [5.41, 5.74) is -0.818. The van der Waals surface area contributed by atoms with Crippen LogP contribution in [-0.4, -0.2) is 26.8 Å². The highest BCUT2D eigenvalue weighted by atomic mass is 79.9. The average molecular weight is 342 g/mol. The van der Waals surface area contributed by atoms with Gasteiger partial charge in [0.15, 0.2) is 5.54 Å². The SMILES string of the molecule is CC(C)(C(=O)O)n1cc(NC(=O)c2occc2Br)cn1. The van der Waals surface area contributed by atoms with Crippen LogP contribution in [0, 0.1) is 0 Å². The van der Waals surface area contributed by atoms with Crippen molar-refractivity contribution in [3.05, 3.63) is 35.0 Å². The Morgan fingerprint density at radius 1 is 1.50 bits per heavy atom. The number of nitrogens with one attached hydrogen (secondary N) is 1. The van der Waals surface area contributed by atoms with Gasteiger partial charge in [-0.3, -0.25) is 9.48 Å². The molecule has 8 heteroatoms. The maximum atomic E-state index is 11.9. The molecule has 0 aliphatic heterocycles. The minimum absolute atomic E-state index is 0.134. The average Bonchev–Trinajstić information content (AvgIpc) is 2.97. The van der Waals surface area contributed by atoms with Gasteiger partial charge in [0.25, 0.3) is 5.91 Å². The Labute approximate surface area is 122 Å². The fourth-order valence-corrected chi connectivity index (χ4v) is 1.82. The quantitative estimate of drug-likeness (QED) is 0.889. The number of aromatic nitrogens is 2. The van der Waals surface area contributed by atoms with Gasteiger partial charge in [0.05, 0.1) is 22.6 Å². The normalized spacial score (nSPS) is 11.3. The number of hydrogen-bond donors (Lipinski definition) is 2. The van der Waals surface area contributed by atoms with Gasteiger partial charge in [-0.2, -0.15) is 5.10 Å². The van der Waals surface area contributed by atoms with Gasteiger partial charge in [-0.05, 0) is 35.8 Å². The van der Waals surface area contributed by atoms with E-state index in [4.69, 9.17) is 9.52 Å². The van der Waals surface area contributed by atoms with Crippen molar-refractivity contribution in [2.24, 2.45) is 0 Å². The molecule has 0 atom stereocenters. The topological polar surface area (TPSA) is 97.4 Å². The molecule has 0 fully saturated rings. The Kier molecular flexibility index (Phi) is 3.67. The van der Waals surface area contributed by atoms with Gasteiger partial charge in [0.1, 0.15) is 0 Å². The van der Waals surface area contributed by atoms with Crippen LogP contribution in [-0.2, 0) is 10.3 Å². The Bertz CT molecular complexity index is 659. The van der Waals surface area contributed by atoms with Gasteiger partial charge >= 0.3 is 5.97 Å². The number of nitrogens with zero attached hydrogens (tertiary/aromatic N) is 2. The highest BCUT2D eigenvalue weighted by molar-refractivity contribution is 9.10. The number of carboxylic acids is 1. The summed E-state index contributed by atoms with van der Waals surface area (Å²) in [6, 6.07) is 1.60. The van der Waals surface area contributed by atoms with Gasteiger partial charge in [-0.1, -0.05) is 0 Å². The summed E-state index contributed by atoms with van der Waals surface area (Å²) < 4.78 is 6.83. The van der Waals surface area contributed by atoms with E-state index in [1.807, 2.05) is 0 Å². The zero-order valence-electron chi connectivity index (χ0n) is 10.8. The van der Waals surface area contributed by atoms with Gasteiger partial charge < -0.3 is 14.8 Å². The van der Waals surface area contributed by atoms with E-state index in [0.717, 1.165) is 0 Å². The third-order valence-corrected chi connectivity index (χ3v) is 3.38. The summed E-state index contributed by atoms with van der Waals surface area (Å²) in [4.78, 5) is 23.0. The van der Waals surface area contributed by atoms with Crippen LogP contribution in [0.2, 0.25) is 0 Å². The third-order valence-electron chi connectivity index (χ3n) is 2.76. The minimum atomic E-state index is -1.20.